The fourth-order valence-electron chi connectivity index (χ4n) is 2.41. The van der Waals surface area contributed by atoms with E-state index < -0.39 is 5.60 Å². The number of rotatable bonds is 4. The molecule has 0 aromatic carbocycles. The molecule has 1 atom stereocenters. The number of carbonyl (C=O) groups excluding carboxylic acids is 1. The summed E-state index contributed by atoms with van der Waals surface area (Å²) in [5.41, 5.74) is -0.512. The Kier molecular flexibility index (Phi) is 5.44. The van der Waals surface area contributed by atoms with Gasteiger partial charge in [-0.05, 0) is 12.1 Å². The molecule has 7 heteroatoms. The molecule has 1 aromatic heterocycles. The van der Waals surface area contributed by atoms with Crippen LogP contribution in [0.25, 0.3) is 0 Å². The minimum Gasteiger partial charge on any atom is -0.386 e. The van der Waals surface area contributed by atoms with E-state index in [0.29, 0.717) is 31.9 Å². The summed E-state index contributed by atoms with van der Waals surface area (Å²) in [6.07, 6.45) is 1.18. The molecule has 1 saturated heterocycles. The van der Waals surface area contributed by atoms with Gasteiger partial charge in [0.25, 0.3) is 0 Å². The summed E-state index contributed by atoms with van der Waals surface area (Å²) in [6.45, 7) is 2.00. The summed E-state index contributed by atoms with van der Waals surface area (Å²) in [7, 11) is 3.31. The highest BCUT2D eigenvalue weighted by Crippen LogP contribution is 2.19. The Morgan fingerprint density at radius 1 is 1.55 bits per heavy atom. The van der Waals surface area contributed by atoms with Gasteiger partial charge in [0.15, 0.2) is 0 Å². The Morgan fingerprint density at radius 2 is 2.32 bits per heavy atom. The van der Waals surface area contributed by atoms with E-state index in [-0.39, 0.29) is 24.8 Å². The minimum atomic E-state index is -1.22. The van der Waals surface area contributed by atoms with Crippen LogP contribution in [0.4, 0.5) is 4.39 Å². The zero-order valence-electron chi connectivity index (χ0n) is 13.0. The van der Waals surface area contributed by atoms with Crippen molar-refractivity contribution in [1.82, 2.24) is 14.8 Å². The number of amides is 1. The van der Waals surface area contributed by atoms with Gasteiger partial charge in [-0.15, -0.1) is 0 Å². The van der Waals surface area contributed by atoms with Crippen LogP contribution in [0.1, 0.15) is 12.1 Å². The molecule has 22 heavy (non-hydrogen) atoms. The number of hydrogen-bond acceptors (Lipinski definition) is 5. The van der Waals surface area contributed by atoms with Gasteiger partial charge in [-0.25, -0.2) is 4.39 Å². The lowest BCUT2D eigenvalue weighted by molar-refractivity contribution is -0.136. The second-order valence-electron chi connectivity index (χ2n) is 5.92. The van der Waals surface area contributed by atoms with Gasteiger partial charge in [0.2, 0.25) is 5.91 Å². The van der Waals surface area contributed by atoms with E-state index >= 15 is 0 Å². The molecule has 0 aliphatic carbocycles. The molecule has 1 N–H and O–H groups in total. The second-order valence-corrected chi connectivity index (χ2v) is 5.92. The molecule has 0 unspecified atom stereocenters. The van der Waals surface area contributed by atoms with Crippen LogP contribution < -0.4 is 0 Å². The molecule has 1 amide bonds. The highest BCUT2D eigenvalue weighted by atomic mass is 19.1. The summed E-state index contributed by atoms with van der Waals surface area (Å²) in [6, 6.07) is 2.98. The van der Waals surface area contributed by atoms with Gasteiger partial charge in [0, 0.05) is 33.7 Å². The van der Waals surface area contributed by atoms with E-state index in [0.717, 1.165) is 0 Å². The number of hydrogen-bond donors (Lipinski definition) is 1. The number of β-amino-alcohol motifs (C(OH)–C–C–N with tert-alkyl or cyclic N) is 1. The maximum Gasteiger partial charge on any atom is 0.225 e. The maximum absolute atomic E-state index is 12.9. The van der Waals surface area contributed by atoms with Crippen LogP contribution in [-0.2, 0) is 16.1 Å². The lowest BCUT2D eigenvalue weighted by atomic mass is 9.99. The number of halogens is 1. The SMILES string of the molecule is CN(C)C(=O)C[C@]1(O)COCCN(Cc2ccc(F)cn2)C1. The average Bonchev–Trinajstić information content (AvgIpc) is 2.63. The predicted molar refractivity (Wildman–Crippen MR) is 78.6 cm³/mol. The smallest absolute Gasteiger partial charge is 0.225 e. The zero-order valence-corrected chi connectivity index (χ0v) is 13.0. The number of carbonyl (C=O) groups is 1. The van der Waals surface area contributed by atoms with Crippen molar-refractivity contribution < 1.29 is 19.0 Å². The Balaban J connectivity index is 2.02. The first-order valence-electron chi connectivity index (χ1n) is 7.21. The van der Waals surface area contributed by atoms with Crippen LogP contribution in [0.15, 0.2) is 18.3 Å². The molecule has 122 valence electrons. The summed E-state index contributed by atoms with van der Waals surface area (Å²) >= 11 is 0. The van der Waals surface area contributed by atoms with Gasteiger partial charge in [-0.3, -0.25) is 14.7 Å². The molecule has 0 saturated carbocycles. The van der Waals surface area contributed by atoms with Crippen LogP contribution >= 0.6 is 0 Å². The van der Waals surface area contributed by atoms with Crippen LogP contribution in [-0.4, -0.2) is 71.8 Å². The molecular formula is C15H22FN3O3. The van der Waals surface area contributed by atoms with Crippen molar-refractivity contribution in [2.75, 3.05) is 40.4 Å². The number of aromatic nitrogens is 1. The van der Waals surface area contributed by atoms with E-state index in [9.17, 15) is 14.3 Å². The molecule has 1 aliphatic heterocycles. The fraction of sp³-hybridized carbons (Fsp3) is 0.600. The first-order chi connectivity index (χ1) is 10.4. The molecule has 1 aliphatic rings. The third-order valence-corrected chi connectivity index (χ3v) is 3.59. The molecule has 0 radical (unpaired) electrons. The molecular weight excluding hydrogens is 289 g/mol. The Bertz CT molecular complexity index is 509. The lowest BCUT2D eigenvalue weighted by Gasteiger charge is -2.30. The highest BCUT2D eigenvalue weighted by Gasteiger charge is 2.35. The average molecular weight is 311 g/mol. The normalized spacial score (nSPS) is 23.1. The van der Waals surface area contributed by atoms with Crippen molar-refractivity contribution >= 4 is 5.91 Å². The number of aliphatic hydroxyl groups is 1. The van der Waals surface area contributed by atoms with Crippen molar-refractivity contribution in [3.63, 3.8) is 0 Å². The molecule has 0 spiro atoms. The third kappa shape index (κ3) is 4.72. The van der Waals surface area contributed by atoms with Crippen molar-refractivity contribution in [3.05, 3.63) is 29.8 Å². The van der Waals surface area contributed by atoms with E-state index in [1.807, 2.05) is 4.90 Å². The molecule has 1 aromatic rings. The second kappa shape index (κ2) is 7.13. The highest BCUT2D eigenvalue weighted by molar-refractivity contribution is 5.76. The summed E-state index contributed by atoms with van der Waals surface area (Å²) < 4.78 is 18.3. The molecule has 6 nitrogen and oxygen atoms in total. The Morgan fingerprint density at radius 3 is 2.95 bits per heavy atom. The van der Waals surface area contributed by atoms with Crippen molar-refractivity contribution in [1.29, 1.82) is 0 Å². The summed E-state index contributed by atoms with van der Waals surface area (Å²) in [4.78, 5) is 19.3. The molecule has 0 bridgehead atoms. The molecule has 2 rings (SSSR count). The Labute approximate surface area is 129 Å². The molecule has 2 heterocycles. The van der Waals surface area contributed by atoms with E-state index in [4.69, 9.17) is 4.74 Å². The van der Waals surface area contributed by atoms with E-state index in [2.05, 4.69) is 4.98 Å². The number of pyridine rings is 1. The predicted octanol–water partition coefficient (Wildman–Crippen LogP) is 0.262. The van der Waals surface area contributed by atoms with Crippen LogP contribution in [0.3, 0.4) is 0 Å². The third-order valence-electron chi connectivity index (χ3n) is 3.59. The summed E-state index contributed by atoms with van der Waals surface area (Å²) in [5.74, 6) is -0.524. The standard InChI is InChI=1S/C15H22FN3O3/c1-18(2)14(20)7-15(21)10-19(5-6-22-11-15)9-13-4-3-12(16)8-17-13/h3-4,8,21H,5-7,9-11H2,1-2H3/t15-/m1/s1. The van der Waals surface area contributed by atoms with Crippen LogP contribution in [0.5, 0.6) is 0 Å². The van der Waals surface area contributed by atoms with Gasteiger partial charge >= 0.3 is 0 Å². The molecule has 1 fully saturated rings. The Hall–Kier alpha value is -1.57. The van der Waals surface area contributed by atoms with Gasteiger partial charge in [-0.2, -0.15) is 0 Å². The first-order valence-corrected chi connectivity index (χ1v) is 7.21. The minimum absolute atomic E-state index is 0.00729. The monoisotopic (exact) mass is 311 g/mol. The van der Waals surface area contributed by atoms with Crippen LogP contribution in [0.2, 0.25) is 0 Å². The van der Waals surface area contributed by atoms with Gasteiger partial charge in [0.1, 0.15) is 11.4 Å². The first kappa shape index (κ1) is 16.8. The topological polar surface area (TPSA) is 65.9 Å². The maximum atomic E-state index is 12.9. The lowest BCUT2D eigenvalue weighted by Crippen LogP contribution is -2.47. The van der Waals surface area contributed by atoms with Crippen molar-refractivity contribution in [2.24, 2.45) is 0 Å². The van der Waals surface area contributed by atoms with Gasteiger partial charge < -0.3 is 14.7 Å². The van der Waals surface area contributed by atoms with E-state index in [1.165, 1.54) is 17.2 Å². The van der Waals surface area contributed by atoms with Gasteiger partial charge in [-0.1, -0.05) is 0 Å². The number of nitrogens with zero attached hydrogens (tertiary/aromatic N) is 3. The fourth-order valence-corrected chi connectivity index (χ4v) is 2.41. The largest absolute Gasteiger partial charge is 0.386 e. The zero-order chi connectivity index (χ0) is 16.2. The van der Waals surface area contributed by atoms with Crippen molar-refractivity contribution in [2.45, 2.75) is 18.6 Å². The number of ether oxygens (including phenoxy) is 1. The quantitative estimate of drug-likeness (QED) is 0.864. The summed E-state index contributed by atoms with van der Waals surface area (Å²) in [5, 5.41) is 10.7. The van der Waals surface area contributed by atoms with Crippen LogP contribution in [0, 0.1) is 5.82 Å². The van der Waals surface area contributed by atoms with Gasteiger partial charge in [0.05, 0.1) is 31.5 Å². The van der Waals surface area contributed by atoms with Crippen molar-refractivity contribution in [3.8, 4) is 0 Å². The van der Waals surface area contributed by atoms with E-state index in [1.54, 1.807) is 20.2 Å².